The van der Waals surface area contributed by atoms with Gasteiger partial charge in [0, 0.05) is 25.7 Å². The summed E-state index contributed by atoms with van der Waals surface area (Å²) >= 11 is 0. The van der Waals surface area contributed by atoms with E-state index in [1.807, 2.05) is 4.90 Å². The third-order valence-electron chi connectivity index (χ3n) is 5.14. The molecule has 1 atom stereocenters. The molecular weight excluding hydrogens is 292 g/mol. The van der Waals surface area contributed by atoms with Crippen molar-refractivity contribution in [2.75, 3.05) is 65.5 Å². The lowest BCUT2D eigenvalue weighted by Crippen LogP contribution is -2.50. The highest BCUT2D eigenvalue weighted by atomic mass is 16.3. The number of aliphatic hydroxyl groups excluding tert-OH is 1. The third kappa shape index (κ3) is 6.03. The molecule has 1 amide bonds. The van der Waals surface area contributed by atoms with Crippen molar-refractivity contribution < 1.29 is 9.90 Å². The van der Waals surface area contributed by atoms with E-state index < -0.39 is 0 Å². The molecule has 2 rings (SSSR count). The predicted molar refractivity (Wildman–Crippen MR) is 92.5 cm³/mol. The van der Waals surface area contributed by atoms with Crippen LogP contribution in [0.2, 0.25) is 0 Å². The van der Waals surface area contributed by atoms with Gasteiger partial charge in [-0.25, -0.2) is 0 Å². The van der Waals surface area contributed by atoms with Crippen LogP contribution in [0.5, 0.6) is 0 Å². The lowest BCUT2D eigenvalue weighted by molar-refractivity contribution is -0.135. The van der Waals surface area contributed by atoms with Crippen molar-refractivity contribution >= 4 is 5.91 Å². The first kappa shape index (κ1) is 18.6. The first-order valence-electron chi connectivity index (χ1n) is 9.30. The van der Waals surface area contributed by atoms with Gasteiger partial charge in [0.1, 0.15) is 0 Å². The molecule has 0 saturated carbocycles. The van der Waals surface area contributed by atoms with E-state index in [9.17, 15) is 9.90 Å². The predicted octanol–water partition coefficient (Wildman–Crippen LogP) is -0.0230. The Morgan fingerprint density at radius 1 is 1.17 bits per heavy atom. The van der Waals surface area contributed by atoms with Crippen LogP contribution in [0.1, 0.15) is 32.6 Å². The zero-order valence-corrected chi connectivity index (χ0v) is 14.7. The first-order chi connectivity index (χ1) is 11.2. The van der Waals surface area contributed by atoms with Gasteiger partial charge in [-0.05, 0) is 58.4 Å². The molecule has 2 N–H and O–H groups in total. The SMILES string of the molecule is CCN1CCN(CCCNCCCN2CCC[C@H]2CO)C(=O)C1. The molecule has 0 aromatic heterocycles. The van der Waals surface area contributed by atoms with Crippen LogP contribution in [0.15, 0.2) is 0 Å². The van der Waals surface area contributed by atoms with Crippen molar-refractivity contribution in [3.63, 3.8) is 0 Å². The highest BCUT2D eigenvalue weighted by Crippen LogP contribution is 2.16. The van der Waals surface area contributed by atoms with Gasteiger partial charge in [0.05, 0.1) is 13.2 Å². The lowest BCUT2D eigenvalue weighted by atomic mass is 10.2. The van der Waals surface area contributed by atoms with E-state index in [0.29, 0.717) is 19.2 Å². The van der Waals surface area contributed by atoms with Crippen molar-refractivity contribution in [1.29, 1.82) is 0 Å². The molecule has 134 valence electrons. The van der Waals surface area contributed by atoms with Crippen molar-refractivity contribution in [2.45, 2.75) is 38.6 Å². The normalized spacial score (nSPS) is 23.8. The van der Waals surface area contributed by atoms with E-state index in [4.69, 9.17) is 0 Å². The van der Waals surface area contributed by atoms with Crippen LogP contribution in [0.4, 0.5) is 0 Å². The fourth-order valence-corrected chi connectivity index (χ4v) is 3.59. The summed E-state index contributed by atoms with van der Waals surface area (Å²) in [6, 6.07) is 0.391. The molecule has 6 heteroatoms. The number of rotatable bonds is 10. The number of hydrogen-bond acceptors (Lipinski definition) is 5. The molecule has 6 nitrogen and oxygen atoms in total. The largest absolute Gasteiger partial charge is 0.395 e. The van der Waals surface area contributed by atoms with Gasteiger partial charge in [0.15, 0.2) is 0 Å². The number of nitrogens with one attached hydrogen (secondary N) is 1. The molecule has 2 aliphatic heterocycles. The summed E-state index contributed by atoms with van der Waals surface area (Å²) in [6.45, 7) is 10.9. The Labute approximate surface area is 140 Å². The van der Waals surface area contributed by atoms with E-state index in [2.05, 4.69) is 22.0 Å². The molecule has 2 saturated heterocycles. The number of likely N-dealkylation sites (tertiary alicyclic amines) is 1. The van der Waals surface area contributed by atoms with Gasteiger partial charge in [-0.2, -0.15) is 0 Å². The smallest absolute Gasteiger partial charge is 0.236 e. The summed E-state index contributed by atoms with van der Waals surface area (Å²) in [6.07, 6.45) is 4.52. The minimum absolute atomic E-state index is 0.280. The van der Waals surface area contributed by atoms with Gasteiger partial charge in [0.25, 0.3) is 0 Å². The molecule has 2 heterocycles. The molecule has 0 unspecified atom stereocenters. The molecule has 0 aliphatic carbocycles. The molecule has 0 radical (unpaired) electrons. The fraction of sp³-hybridized carbons (Fsp3) is 0.941. The number of carbonyl (C=O) groups is 1. The van der Waals surface area contributed by atoms with Crippen LogP contribution in [-0.4, -0.2) is 97.3 Å². The third-order valence-corrected chi connectivity index (χ3v) is 5.14. The second kappa shape index (κ2) is 10.2. The average molecular weight is 326 g/mol. The molecule has 0 aromatic carbocycles. The quantitative estimate of drug-likeness (QED) is 0.553. The minimum atomic E-state index is 0.280. The Hall–Kier alpha value is -0.690. The topological polar surface area (TPSA) is 59.1 Å². The van der Waals surface area contributed by atoms with Crippen LogP contribution in [-0.2, 0) is 4.79 Å². The van der Waals surface area contributed by atoms with Crippen molar-refractivity contribution in [3.8, 4) is 0 Å². The molecule has 2 aliphatic rings. The number of nitrogens with zero attached hydrogens (tertiary/aromatic N) is 3. The summed E-state index contributed by atoms with van der Waals surface area (Å²) in [5, 5.41) is 12.8. The van der Waals surface area contributed by atoms with Gasteiger partial charge in [-0.15, -0.1) is 0 Å². The Kier molecular flexibility index (Phi) is 8.30. The summed E-state index contributed by atoms with van der Waals surface area (Å²) in [5.74, 6) is 0.280. The summed E-state index contributed by atoms with van der Waals surface area (Å²) < 4.78 is 0. The van der Waals surface area contributed by atoms with Gasteiger partial charge in [0.2, 0.25) is 5.91 Å². The van der Waals surface area contributed by atoms with Gasteiger partial charge >= 0.3 is 0 Å². The highest BCUT2D eigenvalue weighted by molar-refractivity contribution is 5.79. The number of aliphatic hydroxyl groups is 1. The number of likely N-dealkylation sites (N-methyl/N-ethyl adjacent to an activating group) is 1. The molecule has 0 spiro atoms. The fourth-order valence-electron chi connectivity index (χ4n) is 3.59. The molecule has 0 bridgehead atoms. The summed E-state index contributed by atoms with van der Waals surface area (Å²) in [4.78, 5) is 18.6. The van der Waals surface area contributed by atoms with Gasteiger partial charge in [-0.1, -0.05) is 6.92 Å². The molecule has 2 fully saturated rings. The zero-order chi connectivity index (χ0) is 16.5. The molecule has 0 aromatic rings. The first-order valence-corrected chi connectivity index (χ1v) is 9.30. The van der Waals surface area contributed by atoms with Crippen LogP contribution in [0.25, 0.3) is 0 Å². The Bertz CT molecular complexity index is 353. The van der Waals surface area contributed by atoms with E-state index in [-0.39, 0.29) is 5.91 Å². The van der Waals surface area contributed by atoms with E-state index >= 15 is 0 Å². The van der Waals surface area contributed by atoms with Crippen LogP contribution >= 0.6 is 0 Å². The Balaban J connectivity index is 1.46. The van der Waals surface area contributed by atoms with Gasteiger partial charge in [-0.3, -0.25) is 14.6 Å². The summed E-state index contributed by atoms with van der Waals surface area (Å²) in [7, 11) is 0. The maximum atomic E-state index is 12.0. The Morgan fingerprint density at radius 2 is 1.96 bits per heavy atom. The minimum Gasteiger partial charge on any atom is -0.395 e. The van der Waals surface area contributed by atoms with Crippen molar-refractivity contribution in [2.24, 2.45) is 0 Å². The number of amides is 1. The maximum absolute atomic E-state index is 12.0. The number of carbonyl (C=O) groups excluding carboxylic acids is 1. The lowest BCUT2D eigenvalue weighted by Gasteiger charge is -2.33. The monoisotopic (exact) mass is 326 g/mol. The van der Waals surface area contributed by atoms with Crippen molar-refractivity contribution in [3.05, 3.63) is 0 Å². The van der Waals surface area contributed by atoms with Crippen LogP contribution < -0.4 is 5.32 Å². The molecule has 23 heavy (non-hydrogen) atoms. The zero-order valence-electron chi connectivity index (χ0n) is 14.7. The summed E-state index contributed by atoms with van der Waals surface area (Å²) in [5.41, 5.74) is 0. The van der Waals surface area contributed by atoms with Crippen molar-refractivity contribution in [1.82, 2.24) is 20.0 Å². The second-order valence-corrected chi connectivity index (χ2v) is 6.72. The Morgan fingerprint density at radius 3 is 2.65 bits per heavy atom. The van der Waals surface area contributed by atoms with E-state index in [1.54, 1.807) is 0 Å². The second-order valence-electron chi connectivity index (χ2n) is 6.72. The van der Waals surface area contributed by atoms with Crippen LogP contribution in [0, 0.1) is 0 Å². The van der Waals surface area contributed by atoms with E-state index in [0.717, 1.165) is 71.6 Å². The van der Waals surface area contributed by atoms with Crippen LogP contribution in [0.3, 0.4) is 0 Å². The van der Waals surface area contributed by atoms with Gasteiger partial charge < -0.3 is 15.3 Å². The standard InChI is InChI=1S/C17H34N4O2/c1-2-19-12-13-21(17(23)14-19)11-5-8-18-7-4-10-20-9-3-6-16(20)15-22/h16,18,22H,2-15H2,1H3/t16-/m0/s1. The highest BCUT2D eigenvalue weighted by Gasteiger charge is 2.23. The average Bonchev–Trinajstić information content (AvgIpc) is 3.02. The number of piperazine rings is 1. The molecular formula is C17H34N4O2. The number of hydrogen-bond donors (Lipinski definition) is 2. The maximum Gasteiger partial charge on any atom is 0.236 e. The van der Waals surface area contributed by atoms with E-state index in [1.165, 1.54) is 6.42 Å².